The minimum Gasteiger partial charge on any atom is -0.386 e. The molecule has 0 spiro atoms. The third-order valence-electron chi connectivity index (χ3n) is 2.75. The Morgan fingerprint density at radius 2 is 2.29 bits per heavy atom. The zero-order chi connectivity index (χ0) is 10.1. The molecule has 1 aliphatic heterocycles. The van der Waals surface area contributed by atoms with Gasteiger partial charge in [-0.25, -0.2) is 0 Å². The first-order chi connectivity index (χ1) is 6.70. The van der Waals surface area contributed by atoms with Gasteiger partial charge in [0, 0.05) is 31.2 Å². The van der Waals surface area contributed by atoms with E-state index in [9.17, 15) is 5.11 Å². The van der Waals surface area contributed by atoms with Gasteiger partial charge in [-0.2, -0.15) is 5.10 Å². The average Bonchev–Trinajstić information content (AvgIpc) is 2.47. The van der Waals surface area contributed by atoms with Crippen LogP contribution in [0.5, 0.6) is 0 Å². The van der Waals surface area contributed by atoms with Crippen LogP contribution in [0.4, 0.5) is 0 Å². The van der Waals surface area contributed by atoms with Crippen molar-refractivity contribution in [3.8, 4) is 0 Å². The molecule has 2 rings (SSSR count). The molecule has 1 aromatic rings. The Bertz CT molecular complexity index is 304. The van der Waals surface area contributed by atoms with Gasteiger partial charge in [-0.1, -0.05) is 0 Å². The second-order valence-corrected chi connectivity index (χ2v) is 4.16. The highest BCUT2D eigenvalue weighted by molar-refractivity contribution is 5.08. The molecule has 1 fully saturated rings. The Labute approximate surface area is 83.9 Å². The van der Waals surface area contributed by atoms with Gasteiger partial charge in [0.2, 0.25) is 0 Å². The highest BCUT2D eigenvalue weighted by atomic mass is 16.3. The lowest BCUT2D eigenvalue weighted by atomic mass is 9.94. The molecular formula is C10H17N3O. The lowest BCUT2D eigenvalue weighted by Crippen LogP contribution is -2.45. The van der Waals surface area contributed by atoms with Gasteiger partial charge in [-0.15, -0.1) is 0 Å². The SMILES string of the molecule is CC(C)n1nccc1C(O)C1CNC1. The van der Waals surface area contributed by atoms with Crippen molar-refractivity contribution in [2.24, 2.45) is 5.92 Å². The molecule has 0 aromatic carbocycles. The first-order valence-corrected chi connectivity index (χ1v) is 5.12. The van der Waals surface area contributed by atoms with Gasteiger partial charge < -0.3 is 10.4 Å². The minimum atomic E-state index is -0.374. The molecule has 4 heteroatoms. The van der Waals surface area contributed by atoms with Gasteiger partial charge in [0.1, 0.15) is 6.10 Å². The number of nitrogens with one attached hydrogen (secondary N) is 1. The summed E-state index contributed by atoms with van der Waals surface area (Å²) in [6, 6.07) is 2.21. The molecule has 1 atom stereocenters. The minimum absolute atomic E-state index is 0.308. The van der Waals surface area contributed by atoms with E-state index in [4.69, 9.17) is 0 Å². The van der Waals surface area contributed by atoms with Crippen LogP contribution in [-0.2, 0) is 0 Å². The van der Waals surface area contributed by atoms with E-state index >= 15 is 0 Å². The second-order valence-electron chi connectivity index (χ2n) is 4.16. The predicted octanol–water partition coefficient (Wildman–Crippen LogP) is 0.717. The molecule has 78 valence electrons. The lowest BCUT2D eigenvalue weighted by Gasteiger charge is -2.32. The maximum Gasteiger partial charge on any atom is 0.101 e. The van der Waals surface area contributed by atoms with Gasteiger partial charge in [-0.3, -0.25) is 4.68 Å². The highest BCUT2D eigenvalue weighted by Gasteiger charge is 2.28. The van der Waals surface area contributed by atoms with E-state index in [1.807, 2.05) is 10.7 Å². The molecule has 0 bridgehead atoms. The number of aliphatic hydroxyl groups excluding tert-OH is 1. The summed E-state index contributed by atoms with van der Waals surface area (Å²) in [7, 11) is 0. The van der Waals surface area contributed by atoms with Crippen molar-refractivity contribution in [3.63, 3.8) is 0 Å². The van der Waals surface area contributed by atoms with Crippen LogP contribution in [-0.4, -0.2) is 28.0 Å². The Hall–Kier alpha value is -0.870. The first-order valence-electron chi connectivity index (χ1n) is 5.12. The number of hydrogen-bond acceptors (Lipinski definition) is 3. The van der Waals surface area contributed by atoms with Crippen LogP contribution in [0.2, 0.25) is 0 Å². The second kappa shape index (κ2) is 3.71. The average molecular weight is 195 g/mol. The van der Waals surface area contributed by atoms with Gasteiger partial charge >= 0.3 is 0 Å². The molecule has 0 aliphatic carbocycles. The summed E-state index contributed by atoms with van der Waals surface area (Å²) >= 11 is 0. The number of aliphatic hydroxyl groups is 1. The van der Waals surface area contributed by atoms with Crippen molar-refractivity contribution in [1.29, 1.82) is 0 Å². The molecule has 2 N–H and O–H groups in total. The Morgan fingerprint density at radius 3 is 2.79 bits per heavy atom. The quantitative estimate of drug-likeness (QED) is 0.747. The van der Waals surface area contributed by atoms with E-state index in [1.54, 1.807) is 6.20 Å². The van der Waals surface area contributed by atoms with Crippen molar-refractivity contribution in [2.75, 3.05) is 13.1 Å². The van der Waals surface area contributed by atoms with Crippen LogP contribution in [0.3, 0.4) is 0 Å². The molecule has 1 aromatic heterocycles. The molecule has 0 saturated carbocycles. The van der Waals surface area contributed by atoms with Crippen LogP contribution in [0.25, 0.3) is 0 Å². The van der Waals surface area contributed by atoms with E-state index < -0.39 is 0 Å². The van der Waals surface area contributed by atoms with Crippen molar-refractivity contribution < 1.29 is 5.11 Å². The maximum atomic E-state index is 10.1. The van der Waals surface area contributed by atoms with E-state index in [-0.39, 0.29) is 6.10 Å². The van der Waals surface area contributed by atoms with Crippen molar-refractivity contribution >= 4 is 0 Å². The van der Waals surface area contributed by atoms with Crippen LogP contribution in [0.15, 0.2) is 12.3 Å². The number of nitrogens with zero attached hydrogens (tertiary/aromatic N) is 2. The van der Waals surface area contributed by atoms with E-state index in [1.165, 1.54) is 0 Å². The summed E-state index contributed by atoms with van der Waals surface area (Å²) in [6.07, 6.45) is 1.38. The molecule has 4 nitrogen and oxygen atoms in total. The molecule has 2 heterocycles. The standard InChI is InChI=1S/C10H17N3O/c1-7(2)13-9(3-4-12-13)10(14)8-5-11-6-8/h3-4,7-8,10-11,14H,5-6H2,1-2H3. The number of rotatable bonds is 3. The molecule has 0 amide bonds. The van der Waals surface area contributed by atoms with E-state index in [0.29, 0.717) is 12.0 Å². The summed E-state index contributed by atoms with van der Waals surface area (Å²) in [5.41, 5.74) is 0.937. The fraction of sp³-hybridized carbons (Fsp3) is 0.700. The van der Waals surface area contributed by atoms with Crippen LogP contribution in [0.1, 0.15) is 31.7 Å². The normalized spacial score (nSPS) is 19.7. The zero-order valence-electron chi connectivity index (χ0n) is 8.64. The molecule has 0 radical (unpaired) electrons. The van der Waals surface area contributed by atoms with Crippen molar-refractivity contribution in [3.05, 3.63) is 18.0 Å². The third kappa shape index (κ3) is 1.55. The van der Waals surface area contributed by atoms with Gasteiger partial charge in [0.25, 0.3) is 0 Å². The largest absolute Gasteiger partial charge is 0.386 e. The molecule has 14 heavy (non-hydrogen) atoms. The lowest BCUT2D eigenvalue weighted by molar-refractivity contribution is 0.0678. The van der Waals surface area contributed by atoms with Crippen LogP contribution >= 0.6 is 0 Å². The fourth-order valence-corrected chi connectivity index (χ4v) is 1.77. The summed E-state index contributed by atoms with van der Waals surface area (Å²) in [5.74, 6) is 0.351. The summed E-state index contributed by atoms with van der Waals surface area (Å²) in [4.78, 5) is 0. The zero-order valence-corrected chi connectivity index (χ0v) is 8.64. The first kappa shape index (κ1) is 9.68. The highest BCUT2D eigenvalue weighted by Crippen LogP contribution is 2.26. The molecule has 1 unspecified atom stereocenters. The van der Waals surface area contributed by atoms with Crippen LogP contribution < -0.4 is 5.32 Å². The Kier molecular flexibility index (Phi) is 2.56. The fourth-order valence-electron chi connectivity index (χ4n) is 1.77. The monoisotopic (exact) mass is 195 g/mol. The smallest absolute Gasteiger partial charge is 0.101 e. The van der Waals surface area contributed by atoms with Crippen LogP contribution in [0, 0.1) is 5.92 Å². The van der Waals surface area contributed by atoms with E-state index in [0.717, 1.165) is 18.8 Å². The topological polar surface area (TPSA) is 50.1 Å². The molecule has 1 aliphatic rings. The Morgan fingerprint density at radius 1 is 1.57 bits per heavy atom. The van der Waals surface area contributed by atoms with Crippen molar-refractivity contribution in [2.45, 2.75) is 26.0 Å². The van der Waals surface area contributed by atoms with Crippen molar-refractivity contribution in [1.82, 2.24) is 15.1 Å². The van der Waals surface area contributed by atoms with E-state index in [2.05, 4.69) is 24.3 Å². The summed E-state index contributed by atoms with van der Waals surface area (Å²) in [5, 5.41) is 17.4. The van der Waals surface area contributed by atoms with Gasteiger partial charge in [-0.05, 0) is 19.9 Å². The van der Waals surface area contributed by atoms with Gasteiger partial charge in [0.15, 0.2) is 0 Å². The summed E-state index contributed by atoms with van der Waals surface area (Å²) < 4.78 is 1.89. The third-order valence-corrected chi connectivity index (χ3v) is 2.75. The predicted molar refractivity (Wildman–Crippen MR) is 53.9 cm³/mol. The number of aromatic nitrogens is 2. The Balaban J connectivity index is 2.17. The summed E-state index contributed by atoms with van der Waals surface area (Å²) in [6.45, 7) is 5.96. The molecular weight excluding hydrogens is 178 g/mol. The van der Waals surface area contributed by atoms with Gasteiger partial charge in [0.05, 0.1) is 5.69 Å². The molecule has 1 saturated heterocycles. The number of hydrogen-bond donors (Lipinski definition) is 2. The maximum absolute atomic E-state index is 10.1.